The lowest BCUT2D eigenvalue weighted by Crippen LogP contribution is -2.47. The molecular weight excluding hydrogens is 314 g/mol. The number of aliphatic carboxylic acids is 1. The number of carbonyl (C=O) groups is 1. The Morgan fingerprint density at radius 2 is 1.96 bits per heavy atom. The average Bonchev–Trinajstić information content (AvgIpc) is 3.10. The zero-order valence-electron chi connectivity index (χ0n) is 14.9. The van der Waals surface area contributed by atoms with Crippen LogP contribution in [-0.4, -0.2) is 38.8 Å². The minimum atomic E-state index is -0.631. The van der Waals surface area contributed by atoms with Crippen LogP contribution in [0.1, 0.15) is 43.7 Å². The molecule has 1 aliphatic heterocycles. The van der Waals surface area contributed by atoms with Crippen molar-refractivity contribution in [2.24, 2.45) is 5.41 Å². The van der Waals surface area contributed by atoms with Crippen molar-refractivity contribution in [1.29, 1.82) is 0 Å². The molecule has 1 saturated heterocycles. The van der Waals surface area contributed by atoms with E-state index in [2.05, 4.69) is 41.2 Å². The third kappa shape index (κ3) is 4.28. The van der Waals surface area contributed by atoms with Gasteiger partial charge >= 0.3 is 5.97 Å². The van der Waals surface area contributed by atoms with Crippen molar-refractivity contribution in [3.8, 4) is 0 Å². The maximum atomic E-state index is 11.8. The predicted octanol–water partition coefficient (Wildman–Crippen LogP) is 3.40. The van der Waals surface area contributed by atoms with E-state index in [0.717, 1.165) is 45.3 Å². The van der Waals surface area contributed by atoms with Crippen molar-refractivity contribution >= 4 is 5.97 Å². The number of likely N-dealkylation sites (tertiary alicyclic amines) is 1. The molecule has 1 aromatic heterocycles. The number of hydrogen-bond donors (Lipinski definition) is 1. The molecule has 2 aromatic rings. The number of hydrogen-bond acceptors (Lipinski definition) is 3. The summed E-state index contributed by atoms with van der Waals surface area (Å²) >= 11 is 0. The summed E-state index contributed by atoms with van der Waals surface area (Å²) in [6, 6.07) is 10.5. The largest absolute Gasteiger partial charge is 0.481 e. The van der Waals surface area contributed by atoms with Crippen molar-refractivity contribution in [2.45, 2.75) is 45.7 Å². The van der Waals surface area contributed by atoms with Crippen molar-refractivity contribution in [3.63, 3.8) is 0 Å². The minimum Gasteiger partial charge on any atom is -0.481 e. The molecule has 1 atom stereocenters. The summed E-state index contributed by atoms with van der Waals surface area (Å²) in [7, 11) is 0. The Morgan fingerprint density at radius 3 is 2.56 bits per heavy atom. The molecule has 0 amide bonds. The number of nitrogens with zero attached hydrogens (tertiary/aromatic N) is 3. The van der Waals surface area contributed by atoms with Gasteiger partial charge in [0.15, 0.2) is 0 Å². The first kappa shape index (κ1) is 17.7. The molecule has 5 nitrogen and oxygen atoms in total. The Labute approximate surface area is 149 Å². The highest BCUT2D eigenvalue weighted by Gasteiger charge is 2.41. The van der Waals surface area contributed by atoms with E-state index in [1.165, 1.54) is 11.1 Å². The fourth-order valence-corrected chi connectivity index (χ4v) is 3.92. The molecular formula is C20H27N3O2. The van der Waals surface area contributed by atoms with Gasteiger partial charge in [-0.15, -0.1) is 0 Å². The molecule has 25 heavy (non-hydrogen) atoms. The molecule has 0 unspecified atom stereocenters. The van der Waals surface area contributed by atoms with Crippen LogP contribution in [-0.2, 0) is 17.9 Å². The first-order valence-corrected chi connectivity index (χ1v) is 9.12. The van der Waals surface area contributed by atoms with Crippen molar-refractivity contribution < 1.29 is 9.90 Å². The van der Waals surface area contributed by atoms with Gasteiger partial charge in [-0.25, -0.2) is 0 Å². The topological polar surface area (TPSA) is 58.4 Å². The zero-order chi connectivity index (χ0) is 17.7. The van der Waals surface area contributed by atoms with Gasteiger partial charge in [0.1, 0.15) is 0 Å². The van der Waals surface area contributed by atoms with Crippen LogP contribution in [0.15, 0.2) is 42.7 Å². The molecule has 1 N–H and O–H groups in total. The van der Waals surface area contributed by atoms with Gasteiger partial charge < -0.3 is 5.11 Å². The van der Waals surface area contributed by atoms with Crippen LogP contribution in [0.4, 0.5) is 0 Å². The van der Waals surface area contributed by atoms with E-state index in [1.807, 2.05) is 16.9 Å². The van der Waals surface area contributed by atoms with Crippen molar-refractivity contribution in [1.82, 2.24) is 14.7 Å². The second-order valence-electron chi connectivity index (χ2n) is 7.17. The average molecular weight is 341 g/mol. The monoisotopic (exact) mass is 341 g/mol. The van der Waals surface area contributed by atoms with E-state index >= 15 is 0 Å². The van der Waals surface area contributed by atoms with E-state index in [0.29, 0.717) is 6.54 Å². The highest BCUT2D eigenvalue weighted by Crippen LogP contribution is 2.35. The maximum Gasteiger partial charge on any atom is 0.310 e. The van der Waals surface area contributed by atoms with Gasteiger partial charge in [0.25, 0.3) is 0 Å². The van der Waals surface area contributed by atoms with Crippen LogP contribution in [0, 0.1) is 5.41 Å². The van der Waals surface area contributed by atoms with E-state index < -0.39 is 11.4 Å². The Balaban J connectivity index is 1.62. The second kappa shape index (κ2) is 7.83. The normalized spacial score (nSPS) is 21.3. The first-order chi connectivity index (χ1) is 12.1. The summed E-state index contributed by atoms with van der Waals surface area (Å²) in [5, 5.41) is 14.0. The summed E-state index contributed by atoms with van der Waals surface area (Å²) in [6.07, 6.45) is 7.19. The molecule has 0 bridgehead atoms. The number of benzene rings is 1. The predicted molar refractivity (Wildman–Crippen MR) is 97.3 cm³/mol. The molecule has 5 heteroatoms. The highest BCUT2D eigenvalue weighted by molar-refractivity contribution is 5.75. The van der Waals surface area contributed by atoms with Gasteiger partial charge in [-0.3, -0.25) is 14.4 Å². The number of rotatable bonds is 7. The van der Waals surface area contributed by atoms with Crippen LogP contribution in [0.25, 0.3) is 0 Å². The lowest BCUT2D eigenvalue weighted by molar-refractivity contribution is -0.153. The number of aromatic nitrogens is 2. The summed E-state index contributed by atoms with van der Waals surface area (Å²) in [5.74, 6) is -0.631. The summed E-state index contributed by atoms with van der Waals surface area (Å²) < 4.78 is 1.91. The van der Waals surface area contributed by atoms with Gasteiger partial charge in [-0.2, -0.15) is 5.10 Å². The molecule has 134 valence electrons. The van der Waals surface area contributed by atoms with E-state index in [4.69, 9.17) is 0 Å². The third-order valence-corrected chi connectivity index (χ3v) is 5.17. The van der Waals surface area contributed by atoms with Crippen LogP contribution >= 0.6 is 0 Å². The Hall–Kier alpha value is -2.14. The smallest absolute Gasteiger partial charge is 0.310 e. The Morgan fingerprint density at radius 1 is 1.24 bits per heavy atom. The number of carboxylic acids is 1. The number of piperidine rings is 1. The molecule has 0 saturated carbocycles. The quantitative estimate of drug-likeness (QED) is 0.838. The molecule has 1 aromatic carbocycles. The minimum absolute atomic E-state index is 0.562. The van der Waals surface area contributed by atoms with Crippen LogP contribution in [0.2, 0.25) is 0 Å². The van der Waals surface area contributed by atoms with Gasteiger partial charge in [0.05, 0.1) is 12.0 Å². The standard InChI is InChI=1S/C20H27N3O2/c1-2-9-20(19(24)25)10-3-12-22(16-20)14-17-5-7-18(8-6-17)15-23-13-4-11-21-23/h4-8,11,13H,2-3,9-10,12,14-16H2,1H3,(H,24,25)/t20-/m0/s1. The maximum absolute atomic E-state index is 11.8. The molecule has 3 rings (SSSR count). The fraction of sp³-hybridized carbons (Fsp3) is 0.500. The highest BCUT2D eigenvalue weighted by atomic mass is 16.4. The molecule has 1 fully saturated rings. The first-order valence-electron chi connectivity index (χ1n) is 9.12. The van der Waals surface area contributed by atoms with Gasteiger partial charge in [0.2, 0.25) is 0 Å². The van der Waals surface area contributed by atoms with Crippen LogP contribution in [0.5, 0.6) is 0 Å². The zero-order valence-corrected chi connectivity index (χ0v) is 14.9. The molecule has 2 heterocycles. The summed E-state index contributed by atoms with van der Waals surface area (Å²) in [5.41, 5.74) is 1.89. The van der Waals surface area contributed by atoms with Gasteiger partial charge in [0, 0.05) is 25.5 Å². The Kier molecular flexibility index (Phi) is 5.53. The molecule has 0 aliphatic carbocycles. The van der Waals surface area contributed by atoms with E-state index in [1.54, 1.807) is 6.20 Å². The van der Waals surface area contributed by atoms with Crippen LogP contribution < -0.4 is 0 Å². The molecule has 0 spiro atoms. The lowest BCUT2D eigenvalue weighted by atomic mass is 9.76. The van der Waals surface area contributed by atoms with Crippen LogP contribution in [0.3, 0.4) is 0 Å². The molecule has 1 aliphatic rings. The SMILES string of the molecule is CCC[C@]1(C(=O)O)CCCN(Cc2ccc(Cn3cccn3)cc2)C1. The van der Waals surface area contributed by atoms with Gasteiger partial charge in [-0.1, -0.05) is 37.6 Å². The van der Waals surface area contributed by atoms with E-state index in [-0.39, 0.29) is 0 Å². The summed E-state index contributed by atoms with van der Waals surface area (Å²) in [6.45, 7) is 5.30. The Bertz CT molecular complexity index is 677. The summed E-state index contributed by atoms with van der Waals surface area (Å²) in [4.78, 5) is 14.1. The van der Waals surface area contributed by atoms with E-state index in [9.17, 15) is 9.90 Å². The van der Waals surface area contributed by atoms with Gasteiger partial charge in [-0.05, 0) is 43.0 Å². The lowest BCUT2D eigenvalue weighted by Gasteiger charge is -2.40. The van der Waals surface area contributed by atoms with Crippen molar-refractivity contribution in [3.05, 3.63) is 53.9 Å². The second-order valence-corrected chi connectivity index (χ2v) is 7.17. The number of carboxylic acid groups (broad SMARTS) is 1. The third-order valence-electron chi connectivity index (χ3n) is 5.17. The fourth-order valence-electron chi connectivity index (χ4n) is 3.92. The van der Waals surface area contributed by atoms with Crippen molar-refractivity contribution in [2.75, 3.05) is 13.1 Å². The molecule has 0 radical (unpaired) electrons.